The van der Waals surface area contributed by atoms with Crippen molar-refractivity contribution in [1.82, 2.24) is 4.98 Å². The van der Waals surface area contributed by atoms with E-state index in [4.69, 9.17) is 15.5 Å². The van der Waals surface area contributed by atoms with Crippen molar-refractivity contribution in [2.75, 3.05) is 7.11 Å². The van der Waals surface area contributed by atoms with Crippen molar-refractivity contribution >= 4 is 11.3 Å². The van der Waals surface area contributed by atoms with Crippen molar-refractivity contribution < 1.29 is 4.74 Å². The summed E-state index contributed by atoms with van der Waals surface area (Å²) < 4.78 is 5.89. The van der Waals surface area contributed by atoms with Crippen LogP contribution in [0.3, 0.4) is 0 Å². The van der Waals surface area contributed by atoms with Gasteiger partial charge in [-0.15, -0.1) is 11.3 Å². The van der Waals surface area contributed by atoms with Crippen molar-refractivity contribution in [2.24, 2.45) is 11.7 Å². The number of nitrogens with zero attached hydrogens (tertiary/aromatic N) is 1. The third kappa shape index (κ3) is 2.46. The minimum absolute atomic E-state index is 0.0613. The maximum Gasteiger partial charge on any atom is 0.125 e. The number of thiazole rings is 1. The molecule has 3 nitrogen and oxygen atoms in total. The van der Waals surface area contributed by atoms with Crippen LogP contribution >= 0.6 is 11.3 Å². The summed E-state index contributed by atoms with van der Waals surface area (Å²) in [6, 6.07) is 0.0613. The molecule has 0 bridgehead atoms. The average Bonchev–Trinajstić information content (AvgIpc) is 2.72. The topological polar surface area (TPSA) is 48.1 Å². The fourth-order valence-corrected chi connectivity index (χ4v) is 4.22. The first-order chi connectivity index (χ1) is 8.48. The van der Waals surface area contributed by atoms with Crippen LogP contribution in [0.5, 0.6) is 0 Å². The molecule has 0 saturated heterocycles. The van der Waals surface area contributed by atoms with Crippen LogP contribution in [0.15, 0.2) is 0 Å². The van der Waals surface area contributed by atoms with Crippen molar-refractivity contribution in [1.29, 1.82) is 0 Å². The van der Waals surface area contributed by atoms with Gasteiger partial charge in [0, 0.05) is 18.0 Å². The van der Waals surface area contributed by atoms with Gasteiger partial charge in [-0.25, -0.2) is 4.98 Å². The molecule has 4 heteroatoms. The summed E-state index contributed by atoms with van der Waals surface area (Å²) in [4.78, 5) is 5.94. The number of rotatable bonds is 3. The highest BCUT2D eigenvalue weighted by Crippen LogP contribution is 2.44. The zero-order chi connectivity index (χ0) is 13.3. The molecule has 0 aliphatic heterocycles. The van der Waals surface area contributed by atoms with Crippen molar-refractivity contribution in [3.05, 3.63) is 15.6 Å². The summed E-state index contributed by atoms with van der Waals surface area (Å²) in [5.74, 6) is 0.710. The normalized spacial score (nSPS) is 30.4. The molecule has 0 spiro atoms. The second-order valence-corrected chi connectivity index (χ2v) is 6.69. The standard InChI is InChI=1S/C14H24N2OS/c1-9-6-5-7-14(8-9,17-4)13-16-11(3)12(18-13)10(2)15/h9-10H,5-8,15H2,1-4H3. The number of methoxy groups -OCH3 is 1. The Hall–Kier alpha value is -0.450. The Bertz CT molecular complexity index is 416. The molecule has 2 rings (SSSR count). The van der Waals surface area contributed by atoms with Gasteiger partial charge in [-0.2, -0.15) is 0 Å². The van der Waals surface area contributed by atoms with E-state index < -0.39 is 0 Å². The Kier molecular flexibility index (Phi) is 4.09. The number of hydrogen-bond donors (Lipinski definition) is 1. The Morgan fingerprint density at radius 1 is 1.56 bits per heavy atom. The maximum atomic E-state index is 6.00. The van der Waals surface area contributed by atoms with E-state index in [2.05, 4.69) is 6.92 Å². The predicted octanol–water partition coefficient (Wildman–Crippen LogP) is 3.52. The molecule has 3 atom stereocenters. The van der Waals surface area contributed by atoms with Gasteiger partial charge >= 0.3 is 0 Å². The zero-order valence-electron chi connectivity index (χ0n) is 11.8. The van der Waals surface area contributed by atoms with Crippen LogP contribution in [0.25, 0.3) is 0 Å². The van der Waals surface area contributed by atoms with E-state index in [0.717, 1.165) is 23.5 Å². The molecule has 1 aliphatic carbocycles. The second kappa shape index (κ2) is 5.27. The third-order valence-corrected chi connectivity index (χ3v) is 5.53. The highest BCUT2D eigenvalue weighted by molar-refractivity contribution is 7.12. The largest absolute Gasteiger partial charge is 0.371 e. The van der Waals surface area contributed by atoms with Crippen LogP contribution in [0.4, 0.5) is 0 Å². The van der Waals surface area contributed by atoms with Gasteiger partial charge in [0.05, 0.1) is 5.69 Å². The molecule has 3 unspecified atom stereocenters. The van der Waals surface area contributed by atoms with Gasteiger partial charge in [0.15, 0.2) is 0 Å². The first-order valence-electron chi connectivity index (χ1n) is 6.77. The lowest BCUT2D eigenvalue weighted by molar-refractivity contribution is -0.0581. The fraction of sp³-hybridized carbons (Fsp3) is 0.786. The predicted molar refractivity (Wildman–Crippen MR) is 75.8 cm³/mol. The molecule has 18 heavy (non-hydrogen) atoms. The molecule has 1 aromatic heterocycles. The summed E-state index contributed by atoms with van der Waals surface area (Å²) in [6.45, 7) is 6.38. The Morgan fingerprint density at radius 3 is 2.78 bits per heavy atom. The fourth-order valence-electron chi connectivity index (χ4n) is 3.00. The molecule has 0 amide bonds. The van der Waals surface area contributed by atoms with Crippen molar-refractivity contribution in [3.8, 4) is 0 Å². The summed E-state index contributed by atoms with van der Waals surface area (Å²) >= 11 is 1.74. The molecule has 1 fully saturated rings. The van der Waals surface area contributed by atoms with Crippen LogP contribution in [0.1, 0.15) is 61.2 Å². The lowest BCUT2D eigenvalue weighted by Gasteiger charge is -2.37. The maximum absolute atomic E-state index is 6.00. The van der Waals surface area contributed by atoms with E-state index in [1.807, 2.05) is 21.0 Å². The minimum Gasteiger partial charge on any atom is -0.371 e. The van der Waals surface area contributed by atoms with E-state index in [9.17, 15) is 0 Å². The number of ether oxygens (including phenoxy) is 1. The molecule has 0 radical (unpaired) electrons. The quantitative estimate of drug-likeness (QED) is 0.912. The summed E-state index contributed by atoms with van der Waals surface area (Å²) in [6.07, 6.45) is 4.69. The number of aromatic nitrogens is 1. The molecule has 0 aromatic carbocycles. The minimum atomic E-state index is -0.166. The molecule has 2 N–H and O–H groups in total. The zero-order valence-corrected chi connectivity index (χ0v) is 12.6. The third-order valence-electron chi connectivity index (χ3n) is 3.98. The summed E-state index contributed by atoms with van der Waals surface area (Å²) in [7, 11) is 1.82. The highest BCUT2D eigenvalue weighted by atomic mass is 32.1. The monoisotopic (exact) mass is 268 g/mol. The van der Waals surface area contributed by atoms with E-state index in [-0.39, 0.29) is 11.6 Å². The van der Waals surface area contributed by atoms with Gasteiger partial charge in [-0.1, -0.05) is 13.3 Å². The van der Waals surface area contributed by atoms with Crippen LogP contribution in [0, 0.1) is 12.8 Å². The molecule has 1 heterocycles. The van der Waals surface area contributed by atoms with Crippen molar-refractivity contribution in [3.63, 3.8) is 0 Å². The molecule has 1 aliphatic rings. The number of aryl methyl sites for hydroxylation is 1. The van der Waals surface area contributed by atoms with Crippen LogP contribution < -0.4 is 5.73 Å². The van der Waals surface area contributed by atoms with Gasteiger partial charge in [-0.05, 0) is 39.0 Å². The van der Waals surface area contributed by atoms with Crippen molar-refractivity contribution in [2.45, 2.75) is 58.1 Å². The summed E-state index contributed by atoms with van der Waals surface area (Å²) in [5.41, 5.74) is 6.90. The number of hydrogen-bond acceptors (Lipinski definition) is 4. The van der Waals surface area contributed by atoms with Gasteiger partial charge in [0.2, 0.25) is 0 Å². The summed E-state index contributed by atoms with van der Waals surface area (Å²) in [5, 5.41) is 1.13. The molecular weight excluding hydrogens is 244 g/mol. The van der Waals surface area contributed by atoms with Gasteiger partial charge in [0.1, 0.15) is 10.6 Å². The van der Waals surface area contributed by atoms with E-state index in [1.165, 1.54) is 17.7 Å². The van der Waals surface area contributed by atoms with Gasteiger partial charge in [-0.3, -0.25) is 0 Å². The smallest absolute Gasteiger partial charge is 0.125 e. The SMILES string of the molecule is COC1(c2nc(C)c(C(C)N)s2)CCCC(C)C1. The number of nitrogens with two attached hydrogens (primary N) is 1. The first-order valence-corrected chi connectivity index (χ1v) is 7.58. The first kappa shape index (κ1) is 14.0. The molecule has 102 valence electrons. The molecule has 1 saturated carbocycles. The van der Waals surface area contributed by atoms with Gasteiger partial charge < -0.3 is 10.5 Å². The van der Waals surface area contributed by atoms with E-state index in [0.29, 0.717) is 5.92 Å². The highest BCUT2D eigenvalue weighted by Gasteiger charge is 2.39. The second-order valence-electron chi connectivity index (χ2n) is 5.66. The average molecular weight is 268 g/mol. The molecule has 1 aromatic rings. The van der Waals surface area contributed by atoms with E-state index in [1.54, 1.807) is 11.3 Å². The Balaban J connectivity index is 2.35. The van der Waals surface area contributed by atoms with Crippen LogP contribution in [-0.2, 0) is 10.3 Å². The Morgan fingerprint density at radius 2 is 2.28 bits per heavy atom. The molecular formula is C14H24N2OS. The lowest BCUT2D eigenvalue weighted by atomic mass is 9.79. The lowest BCUT2D eigenvalue weighted by Crippen LogP contribution is -2.34. The van der Waals surface area contributed by atoms with Gasteiger partial charge in [0.25, 0.3) is 0 Å². The van der Waals surface area contributed by atoms with Crippen LogP contribution in [0.2, 0.25) is 0 Å². The van der Waals surface area contributed by atoms with Crippen LogP contribution in [-0.4, -0.2) is 12.1 Å². The Labute approximate surface area is 114 Å². The van der Waals surface area contributed by atoms with E-state index >= 15 is 0 Å².